The average molecular weight is 378 g/mol. The third-order valence-corrected chi connectivity index (χ3v) is 3.03. The third kappa shape index (κ3) is 6.50. The van der Waals surface area contributed by atoms with Gasteiger partial charge in [0, 0.05) is 5.02 Å². The molecule has 0 aromatic heterocycles. The first-order valence-corrected chi connectivity index (χ1v) is 7.28. The largest absolute Gasteiger partial charge is 0.484 e. The van der Waals surface area contributed by atoms with Gasteiger partial charge in [0.2, 0.25) is 0 Å². The van der Waals surface area contributed by atoms with Crippen LogP contribution in [0.25, 0.3) is 0 Å². The van der Waals surface area contributed by atoms with Crippen LogP contribution in [0.4, 0.5) is 23.2 Å². The molecule has 2 rings (SSSR count). The minimum atomic E-state index is -4.52. The Morgan fingerprint density at radius 1 is 1.08 bits per heavy atom. The number of carbonyl (C=O) groups excluding carboxylic acids is 1. The number of halogens is 5. The van der Waals surface area contributed by atoms with Gasteiger partial charge in [-0.15, -0.1) is 0 Å². The maximum absolute atomic E-state index is 12.8. The molecule has 0 aliphatic carbocycles. The van der Waals surface area contributed by atoms with Crippen LogP contribution in [0.1, 0.15) is 0 Å². The van der Waals surface area contributed by atoms with E-state index in [0.29, 0.717) is 0 Å². The summed E-state index contributed by atoms with van der Waals surface area (Å²) in [6.07, 6.45) is -4.52. The van der Waals surface area contributed by atoms with E-state index in [0.717, 1.165) is 12.1 Å². The minimum absolute atomic E-state index is 0.0237. The molecule has 0 aliphatic rings. The van der Waals surface area contributed by atoms with Crippen molar-refractivity contribution in [3.8, 4) is 11.5 Å². The summed E-state index contributed by atoms with van der Waals surface area (Å²) in [5, 5.41) is 2.56. The molecule has 2 aromatic rings. The fraction of sp³-hybridized carbons (Fsp3) is 0.188. The molecule has 0 unspecified atom stereocenters. The Bertz CT molecular complexity index is 735. The van der Waals surface area contributed by atoms with E-state index in [1.165, 1.54) is 30.3 Å². The molecule has 1 amide bonds. The van der Waals surface area contributed by atoms with E-state index in [4.69, 9.17) is 16.3 Å². The summed E-state index contributed by atoms with van der Waals surface area (Å²) in [5.74, 6) is -1.03. The van der Waals surface area contributed by atoms with Gasteiger partial charge in [-0.2, -0.15) is 13.2 Å². The topological polar surface area (TPSA) is 47.6 Å². The predicted molar refractivity (Wildman–Crippen MR) is 83.5 cm³/mol. The van der Waals surface area contributed by atoms with Gasteiger partial charge >= 0.3 is 6.18 Å². The first-order valence-electron chi connectivity index (χ1n) is 6.90. The van der Waals surface area contributed by atoms with E-state index in [9.17, 15) is 22.4 Å². The number of hydrogen-bond acceptors (Lipinski definition) is 3. The van der Waals surface area contributed by atoms with E-state index in [-0.39, 0.29) is 22.2 Å². The average Bonchev–Trinajstić information content (AvgIpc) is 2.53. The molecular formula is C16H12ClF4NO3. The van der Waals surface area contributed by atoms with Gasteiger partial charge in [-0.3, -0.25) is 4.79 Å². The van der Waals surface area contributed by atoms with Crippen LogP contribution in [0.15, 0.2) is 42.5 Å². The van der Waals surface area contributed by atoms with Crippen molar-refractivity contribution >= 4 is 23.2 Å². The number of alkyl halides is 3. The van der Waals surface area contributed by atoms with Crippen molar-refractivity contribution in [1.82, 2.24) is 0 Å². The number of amides is 1. The van der Waals surface area contributed by atoms with Crippen molar-refractivity contribution in [2.45, 2.75) is 6.18 Å². The van der Waals surface area contributed by atoms with Crippen molar-refractivity contribution in [2.24, 2.45) is 0 Å². The molecule has 134 valence electrons. The Morgan fingerprint density at radius 2 is 1.76 bits per heavy atom. The second-order valence-electron chi connectivity index (χ2n) is 4.84. The fourth-order valence-corrected chi connectivity index (χ4v) is 1.92. The highest BCUT2D eigenvalue weighted by Gasteiger charge is 2.29. The van der Waals surface area contributed by atoms with E-state index < -0.39 is 31.1 Å². The van der Waals surface area contributed by atoms with Crippen molar-refractivity contribution < 1.29 is 31.8 Å². The van der Waals surface area contributed by atoms with Crippen molar-refractivity contribution in [3.05, 3.63) is 53.3 Å². The van der Waals surface area contributed by atoms with Gasteiger partial charge < -0.3 is 14.8 Å². The summed E-state index contributed by atoms with van der Waals surface area (Å²) in [5.41, 5.74) is -0.0237. The van der Waals surface area contributed by atoms with Crippen LogP contribution in [0, 0.1) is 5.82 Å². The van der Waals surface area contributed by atoms with E-state index in [2.05, 4.69) is 10.1 Å². The summed E-state index contributed by atoms with van der Waals surface area (Å²) in [6.45, 7) is -1.94. The van der Waals surface area contributed by atoms with E-state index in [1.54, 1.807) is 0 Å². The normalized spacial score (nSPS) is 11.1. The number of carbonyl (C=O) groups is 1. The van der Waals surface area contributed by atoms with Gasteiger partial charge in [0.25, 0.3) is 5.91 Å². The molecule has 1 N–H and O–H groups in total. The monoisotopic (exact) mass is 377 g/mol. The Labute approximate surface area is 145 Å². The molecule has 0 atom stereocenters. The zero-order valence-corrected chi connectivity index (χ0v) is 13.3. The SMILES string of the molecule is O=C(COc1ccc(F)cc1)Nc1cc(Cl)ccc1OCC(F)(F)F. The smallest absolute Gasteiger partial charge is 0.422 e. The van der Waals surface area contributed by atoms with Crippen molar-refractivity contribution in [1.29, 1.82) is 0 Å². The maximum atomic E-state index is 12.8. The molecule has 0 saturated heterocycles. The van der Waals surface area contributed by atoms with Crippen LogP contribution in [0.5, 0.6) is 11.5 Å². The third-order valence-electron chi connectivity index (χ3n) is 2.79. The molecule has 0 spiro atoms. The highest BCUT2D eigenvalue weighted by molar-refractivity contribution is 6.31. The fourth-order valence-electron chi connectivity index (χ4n) is 1.75. The summed E-state index contributed by atoms with van der Waals surface area (Å²) in [4.78, 5) is 11.9. The van der Waals surface area contributed by atoms with Gasteiger partial charge in [-0.1, -0.05) is 11.6 Å². The van der Waals surface area contributed by atoms with Crippen LogP contribution in [-0.2, 0) is 4.79 Å². The Balaban J connectivity index is 1.98. The second kappa shape index (κ2) is 8.06. The summed E-state index contributed by atoms with van der Waals surface area (Å²) in [7, 11) is 0. The van der Waals surface area contributed by atoms with Gasteiger partial charge in [-0.05, 0) is 42.5 Å². The van der Waals surface area contributed by atoms with E-state index >= 15 is 0 Å². The predicted octanol–water partition coefficient (Wildman–Crippen LogP) is 4.44. The molecule has 0 bridgehead atoms. The van der Waals surface area contributed by atoms with Crippen LogP contribution in [0.3, 0.4) is 0 Å². The first-order chi connectivity index (χ1) is 11.7. The molecule has 2 aromatic carbocycles. The number of nitrogens with one attached hydrogen (secondary N) is 1. The Kier molecular flexibility index (Phi) is 6.08. The number of ether oxygens (including phenoxy) is 2. The van der Waals surface area contributed by atoms with Gasteiger partial charge in [0.15, 0.2) is 13.2 Å². The molecule has 0 fully saturated rings. The lowest BCUT2D eigenvalue weighted by molar-refractivity contribution is -0.153. The zero-order valence-electron chi connectivity index (χ0n) is 12.6. The van der Waals surface area contributed by atoms with Crippen LogP contribution in [-0.4, -0.2) is 25.3 Å². The minimum Gasteiger partial charge on any atom is -0.484 e. The molecule has 0 aliphatic heterocycles. The molecule has 0 saturated carbocycles. The van der Waals surface area contributed by atoms with Crippen molar-refractivity contribution in [3.63, 3.8) is 0 Å². The molecule has 0 heterocycles. The number of hydrogen-bond donors (Lipinski definition) is 1. The molecule has 25 heavy (non-hydrogen) atoms. The maximum Gasteiger partial charge on any atom is 0.422 e. The highest BCUT2D eigenvalue weighted by atomic mass is 35.5. The van der Waals surface area contributed by atoms with Gasteiger partial charge in [-0.25, -0.2) is 4.39 Å². The molecular weight excluding hydrogens is 366 g/mol. The standard InChI is InChI=1S/C16H12ClF4NO3/c17-10-1-6-14(25-9-16(19,20)21)13(7-10)22-15(23)8-24-12-4-2-11(18)3-5-12/h1-7H,8-9H2,(H,22,23). The zero-order chi connectivity index (χ0) is 18.4. The van der Waals surface area contributed by atoms with Gasteiger partial charge in [0.1, 0.15) is 17.3 Å². The molecule has 0 radical (unpaired) electrons. The first kappa shape index (κ1) is 18.9. The lowest BCUT2D eigenvalue weighted by Crippen LogP contribution is -2.22. The lowest BCUT2D eigenvalue weighted by Gasteiger charge is -2.14. The van der Waals surface area contributed by atoms with Gasteiger partial charge in [0.05, 0.1) is 5.69 Å². The van der Waals surface area contributed by atoms with E-state index in [1.807, 2.05) is 0 Å². The quantitative estimate of drug-likeness (QED) is 0.757. The Morgan fingerprint density at radius 3 is 2.40 bits per heavy atom. The number of anilines is 1. The number of benzene rings is 2. The molecule has 4 nitrogen and oxygen atoms in total. The summed E-state index contributed by atoms with van der Waals surface area (Å²) < 4.78 is 59.4. The van der Waals surface area contributed by atoms with Crippen molar-refractivity contribution in [2.75, 3.05) is 18.5 Å². The van der Waals surface area contributed by atoms with Crippen LogP contribution in [0.2, 0.25) is 5.02 Å². The molecule has 9 heteroatoms. The number of rotatable bonds is 6. The second-order valence-corrected chi connectivity index (χ2v) is 5.27. The van der Waals surface area contributed by atoms with Crippen LogP contribution >= 0.6 is 11.6 Å². The Hall–Kier alpha value is -2.48. The highest BCUT2D eigenvalue weighted by Crippen LogP contribution is 2.29. The lowest BCUT2D eigenvalue weighted by atomic mass is 10.3. The van der Waals surface area contributed by atoms with Crippen LogP contribution < -0.4 is 14.8 Å². The summed E-state index contributed by atoms with van der Waals surface area (Å²) in [6, 6.07) is 8.78. The summed E-state index contributed by atoms with van der Waals surface area (Å²) >= 11 is 5.78.